The van der Waals surface area contributed by atoms with Crippen LogP contribution in [0.3, 0.4) is 0 Å². The maximum absolute atomic E-state index is 14.0. The average Bonchev–Trinajstić information content (AvgIpc) is 3.03. The molecular weight excluding hydrogens is 410 g/mol. The van der Waals surface area contributed by atoms with Crippen LogP contribution in [0.2, 0.25) is 0 Å². The van der Waals surface area contributed by atoms with Crippen molar-refractivity contribution in [2.24, 2.45) is 0 Å². The summed E-state index contributed by atoms with van der Waals surface area (Å²) in [6.07, 6.45) is 0. The molecule has 1 saturated heterocycles. The Morgan fingerprint density at radius 1 is 0.788 bits per heavy atom. The number of pyridine rings is 1. The molecule has 0 amide bonds. The first-order chi connectivity index (χ1) is 15.9. The number of benzene rings is 2. The van der Waals surface area contributed by atoms with Crippen molar-refractivity contribution in [2.45, 2.75) is 32.9 Å². The zero-order valence-electron chi connectivity index (χ0n) is 19.5. The van der Waals surface area contributed by atoms with E-state index in [1.165, 1.54) is 11.1 Å². The quantitative estimate of drug-likeness (QED) is 0.573. The van der Waals surface area contributed by atoms with Crippen LogP contribution in [0.5, 0.6) is 0 Å². The summed E-state index contributed by atoms with van der Waals surface area (Å²) in [4.78, 5) is 37.0. The Morgan fingerprint density at radius 2 is 1.33 bits per heavy atom. The number of Topliss-reactive ketones (excluding diaryl/α,β-unsaturated/α-hetero) is 2. The van der Waals surface area contributed by atoms with Crippen molar-refractivity contribution < 1.29 is 9.59 Å². The second kappa shape index (κ2) is 8.32. The summed E-state index contributed by atoms with van der Waals surface area (Å²) >= 11 is 0. The minimum atomic E-state index is -1.31. The van der Waals surface area contributed by atoms with E-state index < -0.39 is 5.54 Å². The minimum Gasteiger partial charge on any atom is -0.297 e. The van der Waals surface area contributed by atoms with Gasteiger partial charge in [-0.15, -0.1) is 0 Å². The normalized spacial score (nSPS) is 18.5. The zero-order valence-corrected chi connectivity index (χ0v) is 19.5. The van der Waals surface area contributed by atoms with Crippen LogP contribution in [0.1, 0.15) is 48.8 Å². The molecule has 0 bridgehead atoms. The van der Waals surface area contributed by atoms with Crippen LogP contribution in [0, 0.1) is 20.8 Å². The molecule has 2 heterocycles. The van der Waals surface area contributed by atoms with Crippen molar-refractivity contribution in [1.82, 2.24) is 14.8 Å². The minimum absolute atomic E-state index is 0.111. The van der Waals surface area contributed by atoms with Crippen molar-refractivity contribution in [3.05, 3.63) is 99.9 Å². The summed E-state index contributed by atoms with van der Waals surface area (Å²) in [7, 11) is 0. The number of fused-ring (bicyclic) bond motifs is 1. The highest BCUT2D eigenvalue weighted by atomic mass is 16.2. The SMILES string of the molecule is Cc1cc(C2(N3CCN(Cc4ccccc4C)CC3)C(=O)c3ccccc3C2=O)cc(C)n1. The van der Waals surface area contributed by atoms with E-state index in [4.69, 9.17) is 0 Å². The second-order valence-electron chi connectivity index (χ2n) is 9.24. The topological polar surface area (TPSA) is 53.5 Å². The molecule has 1 fully saturated rings. The fraction of sp³-hybridized carbons (Fsp3) is 0.321. The van der Waals surface area contributed by atoms with Gasteiger partial charge in [-0.05, 0) is 49.6 Å². The van der Waals surface area contributed by atoms with E-state index in [-0.39, 0.29) is 11.6 Å². The lowest BCUT2D eigenvalue weighted by atomic mass is 9.82. The van der Waals surface area contributed by atoms with E-state index in [0.29, 0.717) is 24.2 Å². The first kappa shape index (κ1) is 21.7. The van der Waals surface area contributed by atoms with Crippen LogP contribution in [0.25, 0.3) is 0 Å². The molecule has 0 spiro atoms. The first-order valence-corrected chi connectivity index (χ1v) is 11.6. The number of aryl methyl sites for hydroxylation is 3. The number of carbonyl (C=O) groups is 2. The first-order valence-electron chi connectivity index (χ1n) is 11.6. The zero-order chi connectivity index (χ0) is 23.2. The molecule has 0 radical (unpaired) electrons. The summed E-state index contributed by atoms with van der Waals surface area (Å²) < 4.78 is 0. The van der Waals surface area contributed by atoms with E-state index in [1.54, 1.807) is 12.1 Å². The van der Waals surface area contributed by atoms with Crippen LogP contribution in [-0.4, -0.2) is 52.5 Å². The van der Waals surface area contributed by atoms with Crippen LogP contribution in [0.15, 0.2) is 60.7 Å². The fourth-order valence-electron chi connectivity index (χ4n) is 5.42. The molecule has 1 aliphatic carbocycles. The molecule has 2 aromatic carbocycles. The molecule has 3 aromatic rings. The third kappa shape index (κ3) is 3.52. The fourth-order valence-corrected chi connectivity index (χ4v) is 5.42. The Bertz CT molecular complexity index is 1190. The molecule has 0 unspecified atom stereocenters. The van der Waals surface area contributed by atoms with Crippen LogP contribution < -0.4 is 0 Å². The molecular formula is C28H29N3O2. The van der Waals surface area contributed by atoms with Crippen molar-refractivity contribution >= 4 is 11.6 Å². The predicted molar refractivity (Wildman–Crippen MR) is 129 cm³/mol. The monoisotopic (exact) mass is 439 g/mol. The van der Waals surface area contributed by atoms with Crippen LogP contribution >= 0.6 is 0 Å². The van der Waals surface area contributed by atoms with Gasteiger partial charge in [-0.25, -0.2) is 0 Å². The van der Waals surface area contributed by atoms with E-state index in [0.717, 1.165) is 36.6 Å². The smallest absolute Gasteiger partial charge is 0.196 e. The molecule has 0 saturated carbocycles. The van der Waals surface area contributed by atoms with Crippen molar-refractivity contribution in [1.29, 1.82) is 0 Å². The highest BCUT2D eigenvalue weighted by molar-refractivity contribution is 6.32. The van der Waals surface area contributed by atoms with Gasteiger partial charge < -0.3 is 0 Å². The van der Waals surface area contributed by atoms with Gasteiger partial charge >= 0.3 is 0 Å². The van der Waals surface area contributed by atoms with E-state index >= 15 is 0 Å². The van der Waals surface area contributed by atoms with Crippen LogP contribution in [0.4, 0.5) is 0 Å². The van der Waals surface area contributed by atoms with Gasteiger partial charge in [-0.3, -0.25) is 24.4 Å². The van der Waals surface area contributed by atoms with Gasteiger partial charge in [0.2, 0.25) is 0 Å². The molecule has 2 aliphatic rings. The molecule has 33 heavy (non-hydrogen) atoms. The number of carbonyl (C=O) groups excluding carboxylic acids is 2. The van der Waals surface area contributed by atoms with Gasteiger partial charge in [0.25, 0.3) is 0 Å². The Morgan fingerprint density at radius 3 is 1.91 bits per heavy atom. The number of hydrogen-bond donors (Lipinski definition) is 0. The van der Waals surface area contributed by atoms with Gasteiger partial charge in [0.15, 0.2) is 17.1 Å². The number of piperazine rings is 1. The molecule has 1 aromatic heterocycles. The van der Waals surface area contributed by atoms with Gasteiger partial charge in [-0.1, -0.05) is 48.5 Å². The maximum Gasteiger partial charge on any atom is 0.196 e. The Kier molecular flexibility index (Phi) is 5.47. The standard InChI is InChI=1S/C28H29N3O2/c1-19-8-4-5-9-22(19)18-30-12-14-31(15-13-30)28(23-16-20(2)29-21(3)17-23)26(32)24-10-6-7-11-25(24)27(28)33/h4-11,16-17H,12-15,18H2,1-3H3. The third-order valence-electron chi connectivity index (χ3n) is 7.07. The lowest BCUT2D eigenvalue weighted by Crippen LogP contribution is -2.60. The molecule has 5 rings (SSSR count). The van der Waals surface area contributed by atoms with E-state index in [1.807, 2.05) is 38.1 Å². The van der Waals surface area contributed by atoms with Gasteiger partial charge in [0, 0.05) is 55.2 Å². The van der Waals surface area contributed by atoms with Crippen molar-refractivity contribution in [3.63, 3.8) is 0 Å². The number of ketones is 2. The number of aromatic nitrogens is 1. The second-order valence-corrected chi connectivity index (χ2v) is 9.24. The number of rotatable bonds is 4. The summed E-state index contributed by atoms with van der Waals surface area (Å²) in [5.41, 5.74) is 4.73. The highest BCUT2D eigenvalue weighted by Crippen LogP contribution is 2.43. The summed E-state index contributed by atoms with van der Waals surface area (Å²) in [6, 6.07) is 19.5. The molecule has 5 nitrogen and oxygen atoms in total. The molecule has 0 atom stereocenters. The van der Waals surface area contributed by atoms with Gasteiger partial charge in [0.1, 0.15) is 0 Å². The lowest BCUT2D eigenvalue weighted by Gasteiger charge is -2.44. The Hall–Kier alpha value is -3.15. The van der Waals surface area contributed by atoms with Crippen molar-refractivity contribution in [2.75, 3.05) is 26.2 Å². The summed E-state index contributed by atoms with van der Waals surface area (Å²) in [5, 5.41) is 0. The van der Waals surface area contributed by atoms with E-state index in [9.17, 15) is 9.59 Å². The molecule has 168 valence electrons. The van der Waals surface area contributed by atoms with Crippen molar-refractivity contribution in [3.8, 4) is 0 Å². The van der Waals surface area contributed by atoms with E-state index in [2.05, 4.69) is 46.0 Å². The maximum atomic E-state index is 14.0. The number of nitrogens with zero attached hydrogens (tertiary/aromatic N) is 3. The number of hydrogen-bond acceptors (Lipinski definition) is 5. The predicted octanol–water partition coefficient (Wildman–Crippen LogP) is 4.10. The Labute approximate surface area is 195 Å². The van der Waals surface area contributed by atoms with Crippen LogP contribution in [-0.2, 0) is 12.1 Å². The Balaban J connectivity index is 1.50. The van der Waals surface area contributed by atoms with Gasteiger partial charge in [0.05, 0.1) is 0 Å². The third-order valence-corrected chi connectivity index (χ3v) is 7.07. The largest absolute Gasteiger partial charge is 0.297 e. The summed E-state index contributed by atoms with van der Waals surface area (Å²) in [5.74, 6) is -0.221. The molecule has 0 N–H and O–H groups in total. The lowest BCUT2D eigenvalue weighted by molar-refractivity contribution is 0.0278. The average molecular weight is 440 g/mol. The summed E-state index contributed by atoms with van der Waals surface area (Å²) in [6.45, 7) is 9.76. The van der Waals surface area contributed by atoms with Gasteiger partial charge in [-0.2, -0.15) is 0 Å². The molecule has 5 heteroatoms. The highest BCUT2D eigenvalue weighted by Gasteiger charge is 2.58. The molecule has 1 aliphatic heterocycles.